The first kappa shape index (κ1) is 23.4. The van der Waals surface area contributed by atoms with Crippen LogP contribution in [0.15, 0.2) is 45.6 Å². The van der Waals surface area contributed by atoms with Crippen molar-refractivity contribution < 1.29 is 15.0 Å². The molecule has 3 nitrogen and oxygen atoms in total. The lowest BCUT2D eigenvalue weighted by Gasteiger charge is -2.17. The van der Waals surface area contributed by atoms with Gasteiger partial charge in [-0.05, 0) is 66.2 Å². The first-order valence-corrected chi connectivity index (χ1v) is 12.8. The molecule has 0 radical (unpaired) electrons. The molecule has 0 fully saturated rings. The van der Waals surface area contributed by atoms with Crippen molar-refractivity contribution in [1.29, 1.82) is 0 Å². The number of aliphatic hydroxyl groups excluding tert-OH is 1. The van der Waals surface area contributed by atoms with Crippen LogP contribution >= 0.6 is 34.7 Å². The SMILES string of the molecule is CCCCCC(O)c1ccc(C2=C(Cl)CC[C@@H]2CCSc2ccc(C(=O)O)s2)cc1. The zero-order valence-electron chi connectivity index (χ0n) is 17.3. The summed E-state index contributed by atoms with van der Waals surface area (Å²) in [7, 11) is 0. The number of thiophene rings is 1. The summed E-state index contributed by atoms with van der Waals surface area (Å²) >= 11 is 9.64. The maximum Gasteiger partial charge on any atom is 0.345 e. The van der Waals surface area contributed by atoms with Crippen molar-refractivity contribution in [2.75, 3.05) is 5.75 Å². The molecule has 1 aromatic heterocycles. The molecule has 1 unspecified atom stereocenters. The molecule has 2 N–H and O–H groups in total. The fourth-order valence-electron chi connectivity index (χ4n) is 3.94. The minimum atomic E-state index is -0.862. The van der Waals surface area contributed by atoms with Gasteiger partial charge < -0.3 is 10.2 Å². The molecule has 162 valence electrons. The molecule has 0 bridgehead atoms. The molecular formula is C24H29ClO3S2. The van der Waals surface area contributed by atoms with Crippen LogP contribution < -0.4 is 0 Å². The van der Waals surface area contributed by atoms with Crippen LogP contribution in [-0.2, 0) is 0 Å². The number of thioether (sulfide) groups is 1. The first-order valence-electron chi connectivity index (χ1n) is 10.6. The molecular weight excluding hydrogens is 436 g/mol. The van der Waals surface area contributed by atoms with Crippen molar-refractivity contribution in [2.24, 2.45) is 5.92 Å². The molecule has 30 heavy (non-hydrogen) atoms. The van der Waals surface area contributed by atoms with Gasteiger partial charge in [0.25, 0.3) is 0 Å². The van der Waals surface area contributed by atoms with E-state index in [1.807, 2.05) is 18.2 Å². The summed E-state index contributed by atoms with van der Waals surface area (Å²) < 4.78 is 1.04. The average molecular weight is 465 g/mol. The van der Waals surface area contributed by atoms with E-state index in [1.54, 1.807) is 17.8 Å². The second kappa shape index (κ2) is 11.4. The summed E-state index contributed by atoms with van der Waals surface area (Å²) in [5, 5.41) is 20.4. The number of hydrogen-bond acceptors (Lipinski definition) is 4. The number of aromatic carboxylic acids is 1. The van der Waals surface area contributed by atoms with E-state index in [0.29, 0.717) is 10.8 Å². The van der Waals surface area contributed by atoms with E-state index >= 15 is 0 Å². The smallest absolute Gasteiger partial charge is 0.345 e. The molecule has 0 aliphatic heterocycles. The second-order valence-corrected chi connectivity index (χ2v) is 10.7. The normalized spacial score (nSPS) is 17.5. The number of carbonyl (C=O) groups is 1. The lowest BCUT2D eigenvalue weighted by molar-refractivity contribution is 0.0702. The highest BCUT2D eigenvalue weighted by atomic mass is 35.5. The lowest BCUT2D eigenvalue weighted by atomic mass is 9.91. The van der Waals surface area contributed by atoms with E-state index in [4.69, 9.17) is 16.7 Å². The Morgan fingerprint density at radius 1 is 1.23 bits per heavy atom. The Kier molecular flexibility index (Phi) is 8.87. The predicted octanol–water partition coefficient (Wildman–Crippen LogP) is 7.60. The molecule has 0 amide bonds. The Morgan fingerprint density at radius 2 is 2.00 bits per heavy atom. The summed E-state index contributed by atoms with van der Waals surface area (Å²) in [6, 6.07) is 11.8. The van der Waals surface area contributed by atoms with Crippen LogP contribution in [0, 0.1) is 5.92 Å². The predicted molar refractivity (Wildman–Crippen MR) is 128 cm³/mol. The number of allylic oxidation sites excluding steroid dienone is 2. The number of rotatable bonds is 11. The van der Waals surface area contributed by atoms with Gasteiger partial charge in [-0.1, -0.05) is 62.1 Å². The Balaban J connectivity index is 1.58. The van der Waals surface area contributed by atoms with E-state index in [0.717, 1.165) is 71.1 Å². The van der Waals surface area contributed by atoms with Gasteiger partial charge in [-0.3, -0.25) is 0 Å². The Labute approximate surface area is 192 Å². The van der Waals surface area contributed by atoms with Gasteiger partial charge in [-0.25, -0.2) is 4.79 Å². The zero-order chi connectivity index (χ0) is 21.5. The van der Waals surface area contributed by atoms with E-state index in [2.05, 4.69) is 19.1 Å². The third-order valence-corrected chi connectivity index (χ3v) is 8.33. The summed E-state index contributed by atoms with van der Waals surface area (Å²) in [5.74, 6) is 0.495. The molecule has 1 heterocycles. The van der Waals surface area contributed by atoms with Gasteiger partial charge in [0, 0.05) is 5.03 Å². The first-order chi connectivity index (χ1) is 14.5. The van der Waals surface area contributed by atoms with E-state index in [-0.39, 0.29) is 0 Å². The highest BCUT2D eigenvalue weighted by molar-refractivity contribution is 8.01. The molecule has 1 aromatic carbocycles. The molecule has 0 saturated carbocycles. The van der Waals surface area contributed by atoms with E-state index < -0.39 is 12.1 Å². The van der Waals surface area contributed by atoms with Gasteiger partial charge in [0.05, 0.1) is 10.3 Å². The number of aliphatic hydroxyl groups is 1. The van der Waals surface area contributed by atoms with Crippen molar-refractivity contribution in [3.63, 3.8) is 0 Å². The van der Waals surface area contributed by atoms with Crippen LogP contribution in [0.4, 0.5) is 0 Å². The van der Waals surface area contributed by atoms with Crippen LogP contribution in [0.1, 0.15) is 78.8 Å². The molecule has 2 atom stereocenters. The highest BCUT2D eigenvalue weighted by Gasteiger charge is 2.26. The minimum absolute atomic E-state index is 0.388. The van der Waals surface area contributed by atoms with Gasteiger partial charge in [-0.15, -0.1) is 23.1 Å². The number of hydrogen-bond donors (Lipinski definition) is 2. The maximum absolute atomic E-state index is 11.0. The Bertz CT molecular complexity index is 873. The van der Waals surface area contributed by atoms with Crippen molar-refractivity contribution in [2.45, 2.75) is 62.2 Å². The summed E-state index contributed by atoms with van der Waals surface area (Å²) in [4.78, 5) is 11.4. The quantitative estimate of drug-likeness (QED) is 0.265. The van der Waals surface area contributed by atoms with Crippen LogP contribution in [0.5, 0.6) is 0 Å². The van der Waals surface area contributed by atoms with Gasteiger partial charge in [0.2, 0.25) is 0 Å². The van der Waals surface area contributed by atoms with E-state index in [1.165, 1.54) is 16.9 Å². The fourth-order valence-corrected chi connectivity index (χ4v) is 6.41. The Morgan fingerprint density at radius 3 is 2.67 bits per heavy atom. The van der Waals surface area contributed by atoms with Gasteiger partial charge in [0.1, 0.15) is 4.88 Å². The van der Waals surface area contributed by atoms with Gasteiger partial charge >= 0.3 is 5.97 Å². The number of carboxylic acids is 1. The fraction of sp³-hybridized carbons (Fsp3) is 0.458. The number of benzene rings is 1. The number of unbranched alkanes of at least 4 members (excludes halogenated alkanes) is 2. The van der Waals surface area contributed by atoms with Crippen LogP contribution in [0.3, 0.4) is 0 Å². The average Bonchev–Trinajstić information content (AvgIpc) is 3.35. The van der Waals surface area contributed by atoms with Crippen molar-refractivity contribution in [3.05, 3.63) is 57.4 Å². The molecule has 2 aromatic rings. The minimum Gasteiger partial charge on any atom is -0.477 e. The molecule has 0 spiro atoms. The molecule has 0 saturated heterocycles. The van der Waals surface area contributed by atoms with Gasteiger partial charge in [0.15, 0.2) is 0 Å². The van der Waals surface area contributed by atoms with Crippen molar-refractivity contribution in [3.8, 4) is 0 Å². The largest absolute Gasteiger partial charge is 0.477 e. The highest BCUT2D eigenvalue weighted by Crippen LogP contribution is 2.43. The topological polar surface area (TPSA) is 57.5 Å². The van der Waals surface area contributed by atoms with Gasteiger partial charge in [-0.2, -0.15) is 0 Å². The van der Waals surface area contributed by atoms with Crippen LogP contribution in [0.2, 0.25) is 0 Å². The lowest BCUT2D eigenvalue weighted by Crippen LogP contribution is -2.02. The number of halogens is 1. The molecule has 6 heteroatoms. The summed E-state index contributed by atoms with van der Waals surface area (Å²) in [6.07, 6.45) is 6.75. The molecule has 1 aliphatic rings. The third kappa shape index (κ3) is 6.13. The maximum atomic E-state index is 11.0. The van der Waals surface area contributed by atoms with Crippen LogP contribution in [0.25, 0.3) is 5.57 Å². The van der Waals surface area contributed by atoms with Crippen molar-refractivity contribution >= 4 is 46.2 Å². The van der Waals surface area contributed by atoms with E-state index in [9.17, 15) is 9.90 Å². The van der Waals surface area contributed by atoms with Crippen LogP contribution in [-0.4, -0.2) is 21.9 Å². The monoisotopic (exact) mass is 464 g/mol. The second-order valence-electron chi connectivity index (χ2n) is 7.75. The Hall–Kier alpha value is -1.27. The van der Waals surface area contributed by atoms with Crippen molar-refractivity contribution in [1.82, 2.24) is 0 Å². The third-order valence-electron chi connectivity index (χ3n) is 5.60. The standard InChI is InChI=1S/C24H29ClO3S2/c1-2-3-4-5-20(26)16-6-8-17(9-7-16)23-18(10-11-19(23)25)14-15-29-22-13-12-21(30-22)24(27)28/h6-9,12-13,18,20,26H,2-5,10-11,14-15H2,1H3,(H,27,28)/t18-,20?/m1/s1. The summed E-state index contributed by atoms with van der Waals surface area (Å²) in [5.41, 5.74) is 3.37. The number of carboxylic acid groups (broad SMARTS) is 1. The molecule has 1 aliphatic carbocycles. The zero-order valence-corrected chi connectivity index (χ0v) is 19.7. The summed E-state index contributed by atoms with van der Waals surface area (Å²) in [6.45, 7) is 2.17. The molecule has 3 rings (SSSR count).